The molecule has 0 N–H and O–H groups in total. The van der Waals surface area contributed by atoms with E-state index < -0.39 is 5.41 Å². The van der Waals surface area contributed by atoms with E-state index in [0.29, 0.717) is 0 Å². The summed E-state index contributed by atoms with van der Waals surface area (Å²) in [6, 6.07) is 102. The minimum atomic E-state index is -0.513. The molecule has 1 heterocycles. The molecule has 80 heavy (non-hydrogen) atoms. The predicted molar refractivity (Wildman–Crippen MR) is 336 cm³/mol. The van der Waals surface area contributed by atoms with E-state index >= 15 is 0 Å². The Hall–Kier alpha value is -10.0. The Kier molecular flexibility index (Phi) is 10.1. The fraction of sp³-hybridized carbons (Fsp3) is 0.0513. The monoisotopic (exact) mass is 1020 g/mol. The first-order chi connectivity index (χ1) is 39.4. The highest BCUT2D eigenvalue weighted by Crippen LogP contribution is 2.64. The van der Waals surface area contributed by atoms with E-state index in [1.165, 1.54) is 116 Å². The quantitative estimate of drug-likeness (QED) is 0.147. The Bertz CT molecular complexity index is 4680. The molecule has 1 aromatic heterocycles. The number of para-hydroxylation sites is 1. The van der Waals surface area contributed by atoms with Crippen molar-refractivity contribution >= 4 is 44.9 Å². The maximum Gasteiger partial charge on any atom is 0.0725 e. The molecule has 3 aliphatic rings. The van der Waals surface area contributed by atoms with E-state index in [1.807, 2.05) is 6.08 Å². The van der Waals surface area contributed by atoms with Gasteiger partial charge in [-0.05, 0) is 191 Å². The van der Waals surface area contributed by atoms with Crippen molar-refractivity contribution in [1.29, 1.82) is 0 Å². The average Bonchev–Trinajstić information content (AvgIpc) is 4.39. The van der Waals surface area contributed by atoms with Crippen molar-refractivity contribution in [2.75, 3.05) is 4.90 Å². The molecule has 2 nitrogen and oxygen atoms in total. The molecule has 1 atom stereocenters. The van der Waals surface area contributed by atoms with E-state index in [9.17, 15) is 0 Å². The van der Waals surface area contributed by atoms with Crippen molar-refractivity contribution < 1.29 is 0 Å². The van der Waals surface area contributed by atoms with Crippen LogP contribution in [-0.2, 0) is 10.8 Å². The van der Waals surface area contributed by atoms with Crippen molar-refractivity contribution in [1.82, 2.24) is 4.57 Å². The Labute approximate surface area is 467 Å². The lowest BCUT2D eigenvalue weighted by Gasteiger charge is -2.31. The average molecular weight is 1020 g/mol. The minimum absolute atomic E-state index is 0.153. The number of anilines is 3. The zero-order chi connectivity index (χ0) is 53.3. The van der Waals surface area contributed by atoms with Crippen LogP contribution in [0.5, 0.6) is 0 Å². The largest absolute Gasteiger partial charge is 0.310 e. The van der Waals surface area contributed by atoms with Crippen molar-refractivity contribution in [3.8, 4) is 72.4 Å². The van der Waals surface area contributed by atoms with Gasteiger partial charge in [-0.2, -0.15) is 0 Å². The summed E-state index contributed by atoms with van der Waals surface area (Å²) in [6.45, 7) is 8.84. The minimum Gasteiger partial charge on any atom is -0.310 e. The third kappa shape index (κ3) is 6.66. The van der Waals surface area contributed by atoms with E-state index in [2.05, 4.69) is 303 Å². The fourth-order valence-electron chi connectivity index (χ4n) is 14.2. The molecule has 3 aliphatic carbocycles. The molecule has 0 bridgehead atoms. The van der Waals surface area contributed by atoms with Gasteiger partial charge in [0.05, 0.1) is 16.4 Å². The molecule has 376 valence electrons. The Balaban J connectivity index is 0.892. The standard InChI is InChI=1S/C78H54N2/c1-4-50-18-17-21-53(44-50)55-32-39-65-62-25-12-15-28-70(62)78(73(65)46-55)71-29-16-13-26-63(71)66-40-33-56(47-74(66)78)54-34-42-75-67(45-54)68-48-59(38-43-76(68)80(75)57-22-9-6-10-23-57)79(58-35-30-52(31-36-58)51-19-7-5-8-20-51)60-37-41-64-61-24-11-14-27-69(61)77(2,3)72(64)49-60/h4-49H,1H2,2-3H3. The summed E-state index contributed by atoms with van der Waals surface area (Å²) in [6.07, 6.45) is 1.94. The lowest BCUT2D eigenvalue weighted by Crippen LogP contribution is -2.26. The second-order valence-electron chi connectivity index (χ2n) is 22.4. The molecule has 12 aromatic carbocycles. The number of hydrogen-bond acceptors (Lipinski definition) is 1. The van der Waals surface area contributed by atoms with E-state index in [-0.39, 0.29) is 5.41 Å². The first-order valence-electron chi connectivity index (χ1n) is 27.9. The highest BCUT2D eigenvalue weighted by atomic mass is 15.1. The molecular formula is C78H54N2. The summed E-state index contributed by atoms with van der Waals surface area (Å²) in [5.74, 6) is 0. The summed E-state index contributed by atoms with van der Waals surface area (Å²) in [5, 5.41) is 2.40. The van der Waals surface area contributed by atoms with Crippen molar-refractivity contribution in [2.24, 2.45) is 0 Å². The number of fused-ring (bicyclic) bond motifs is 16. The molecule has 0 saturated heterocycles. The second kappa shape index (κ2) is 17.5. The number of rotatable bonds is 8. The predicted octanol–water partition coefficient (Wildman–Crippen LogP) is 20.5. The van der Waals surface area contributed by atoms with Crippen LogP contribution in [0.3, 0.4) is 0 Å². The molecule has 2 heteroatoms. The van der Waals surface area contributed by atoms with E-state index in [4.69, 9.17) is 0 Å². The zero-order valence-electron chi connectivity index (χ0n) is 44.7. The molecule has 13 aromatic rings. The number of aromatic nitrogens is 1. The molecule has 0 aliphatic heterocycles. The van der Waals surface area contributed by atoms with Crippen molar-refractivity contribution in [3.63, 3.8) is 0 Å². The van der Waals surface area contributed by atoms with Crippen LogP contribution in [0.4, 0.5) is 17.1 Å². The number of benzene rings is 12. The van der Waals surface area contributed by atoms with Gasteiger partial charge in [-0.15, -0.1) is 0 Å². The molecule has 1 unspecified atom stereocenters. The highest BCUT2D eigenvalue weighted by molar-refractivity contribution is 6.12. The molecule has 1 spiro atoms. The van der Waals surface area contributed by atoms with Crippen LogP contribution in [0.2, 0.25) is 0 Å². The van der Waals surface area contributed by atoms with E-state index in [1.54, 1.807) is 0 Å². The lowest BCUT2D eigenvalue weighted by molar-refractivity contribution is 0.660. The summed E-state index contributed by atoms with van der Waals surface area (Å²) < 4.78 is 2.44. The van der Waals surface area contributed by atoms with Crippen LogP contribution >= 0.6 is 0 Å². The summed E-state index contributed by atoms with van der Waals surface area (Å²) in [4.78, 5) is 2.46. The number of hydrogen-bond donors (Lipinski definition) is 0. The van der Waals surface area contributed by atoms with Crippen LogP contribution < -0.4 is 4.90 Å². The molecule has 0 amide bonds. The van der Waals surface area contributed by atoms with Gasteiger partial charge < -0.3 is 9.47 Å². The third-order valence-electron chi connectivity index (χ3n) is 18.0. The van der Waals surface area contributed by atoms with Crippen LogP contribution in [0.25, 0.3) is 100 Å². The zero-order valence-corrected chi connectivity index (χ0v) is 44.7. The van der Waals surface area contributed by atoms with Gasteiger partial charge in [-0.1, -0.05) is 215 Å². The van der Waals surface area contributed by atoms with Crippen LogP contribution in [0.15, 0.2) is 280 Å². The molecule has 0 saturated carbocycles. The Morgan fingerprint density at radius 3 is 1.43 bits per heavy atom. The van der Waals surface area contributed by atoms with Gasteiger partial charge in [0.25, 0.3) is 0 Å². The normalized spacial score (nSPS) is 14.8. The fourth-order valence-corrected chi connectivity index (χ4v) is 14.2. The Morgan fingerprint density at radius 2 is 0.762 bits per heavy atom. The number of nitrogens with zero attached hydrogens (tertiary/aromatic N) is 2. The lowest BCUT2D eigenvalue weighted by atomic mass is 9.70. The van der Waals surface area contributed by atoms with Gasteiger partial charge in [-0.3, -0.25) is 0 Å². The first kappa shape index (κ1) is 46.1. The molecule has 0 fully saturated rings. The summed E-state index contributed by atoms with van der Waals surface area (Å²) >= 11 is 0. The van der Waals surface area contributed by atoms with Crippen LogP contribution in [-0.4, -0.2) is 4.57 Å². The molecule has 0 radical (unpaired) electrons. The molecular weight excluding hydrogens is 965 g/mol. The van der Waals surface area contributed by atoms with Crippen molar-refractivity contribution in [3.05, 3.63) is 319 Å². The maximum absolute atomic E-state index is 4.10. The van der Waals surface area contributed by atoms with Crippen LogP contribution in [0, 0.1) is 0 Å². The Morgan fingerprint density at radius 1 is 0.325 bits per heavy atom. The molecule has 16 rings (SSSR count). The van der Waals surface area contributed by atoms with Gasteiger partial charge in [-0.25, -0.2) is 0 Å². The SMILES string of the molecule is C=Cc1cccc(-c2ccc3c(c2)C2(c4ccccc4-3)c3ccccc3-c3ccc(-c4ccc5c(c4)c4cc(N(c6ccc(-c7ccccc7)cc6)c6ccc7c(c6)C(C)(C)c6ccccc6-7)ccc4n5-c4ccccc4)cc32)c1. The maximum atomic E-state index is 4.10. The van der Waals surface area contributed by atoms with Gasteiger partial charge in [0.1, 0.15) is 0 Å². The third-order valence-corrected chi connectivity index (χ3v) is 18.0. The van der Waals surface area contributed by atoms with E-state index in [0.717, 1.165) is 33.8 Å². The summed E-state index contributed by atoms with van der Waals surface area (Å²) in [7, 11) is 0. The van der Waals surface area contributed by atoms with Gasteiger partial charge in [0.2, 0.25) is 0 Å². The van der Waals surface area contributed by atoms with Gasteiger partial charge >= 0.3 is 0 Å². The first-order valence-corrected chi connectivity index (χ1v) is 27.9. The highest BCUT2D eigenvalue weighted by Gasteiger charge is 2.52. The van der Waals surface area contributed by atoms with Gasteiger partial charge in [0.15, 0.2) is 0 Å². The van der Waals surface area contributed by atoms with Gasteiger partial charge in [0, 0.05) is 38.9 Å². The second-order valence-corrected chi connectivity index (χ2v) is 22.4. The van der Waals surface area contributed by atoms with Crippen LogP contribution in [0.1, 0.15) is 52.8 Å². The van der Waals surface area contributed by atoms with Crippen molar-refractivity contribution in [2.45, 2.75) is 24.7 Å². The topological polar surface area (TPSA) is 8.17 Å². The smallest absolute Gasteiger partial charge is 0.0725 e. The summed E-state index contributed by atoms with van der Waals surface area (Å²) in [5.41, 5.74) is 30.2.